The first-order valence-corrected chi connectivity index (χ1v) is 11.6. The largest absolute Gasteiger partial charge is 0.490 e. The van der Waals surface area contributed by atoms with Gasteiger partial charge in [-0.25, -0.2) is 4.39 Å². The van der Waals surface area contributed by atoms with Crippen molar-refractivity contribution in [1.29, 1.82) is 0 Å². The highest BCUT2D eigenvalue weighted by Crippen LogP contribution is 2.48. The quantitative estimate of drug-likeness (QED) is 0.432. The summed E-state index contributed by atoms with van der Waals surface area (Å²) in [7, 11) is -3.50. The van der Waals surface area contributed by atoms with Crippen molar-refractivity contribution in [2.24, 2.45) is 5.92 Å². The minimum absolute atomic E-state index is 0.0706. The zero-order valence-electron chi connectivity index (χ0n) is 17.1. The molecular weight excluding hydrogens is 409 g/mol. The average molecular weight is 434 g/mol. The third-order valence-electron chi connectivity index (χ3n) is 5.69. The second-order valence-electron chi connectivity index (χ2n) is 8.35. The molecule has 160 valence electrons. The molecule has 30 heavy (non-hydrogen) atoms. The van der Waals surface area contributed by atoms with Crippen LogP contribution in [-0.4, -0.2) is 32.8 Å². The molecule has 4 rings (SSSR count). The van der Waals surface area contributed by atoms with Gasteiger partial charge >= 0.3 is 0 Å². The van der Waals surface area contributed by atoms with E-state index in [1.807, 2.05) is 13.8 Å². The summed E-state index contributed by atoms with van der Waals surface area (Å²) in [6.07, 6.45) is 6.46. The first-order valence-electron chi connectivity index (χ1n) is 9.83. The number of rotatable bonds is 5. The number of halogens is 1. The van der Waals surface area contributed by atoms with Crippen molar-refractivity contribution in [1.82, 2.24) is 0 Å². The number of carbonyl (C=O) groups excluding carboxylic acids is 1. The first-order chi connectivity index (χ1) is 14.0. The van der Waals surface area contributed by atoms with Gasteiger partial charge in [0.25, 0.3) is 16.0 Å². The molecule has 0 saturated carbocycles. The smallest absolute Gasteiger partial charge is 0.264 e. The van der Waals surface area contributed by atoms with Crippen LogP contribution in [0.3, 0.4) is 0 Å². The van der Waals surface area contributed by atoms with E-state index in [4.69, 9.17) is 8.92 Å². The minimum atomic E-state index is -3.50. The summed E-state index contributed by atoms with van der Waals surface area (Å²) < 4.78 is 47.1. The lowest BCUT2D eigenvalue weighted by molar-refractivity contribution is -0.110. The molecule has 0 aromatic heterocycles. The van der Waals surface area contributed by atoms with Gasteiger partial charge in [0.15, 0.2) is 0 Å². The van der Waals surface area contributed by atoms with Crippen LogP contribution in [0.25, 0.3) is 5.57 Å². The maximum Gasteiger partial charge on any atom is 0.264 e. The van der Waals surface area contributed by atoms with E-state index >= 15 is 0 Å². The molecule has 3 aliphatic rings. The molecule has 0 saturated heterocycles. The van der Waals surface area contributed by atoms with Crippen molar-refractivity contribution >= 4 is 27.3 Å². The molecule has 1 N–H and O–H groups in total. The number of amides is 1. The molecule has 0 spiro atoms. The second-order valence-corrected chi connectivity index (χ2v) is 9.99. The van der Waals surface area contributed by atoms with E-state index in [1.54, 1.807) is 12.3 Å². The number of anilines is 1. The molecule has 1 aromatic rings. The summed E-state index contributed by atoms with van der Waals surface area (Å²) in [5.41, 5.74) is 4.13. The molecule has 1 amide bonds. The molecule has 2 aliphatic heterocycles. The van der Waals surface area contributed by atoms with Crippen LogP contribution in [0, 0.1) is 11.7 Å². The second kappa shape index (κ2) is 7.35. The van der Waals surface area contributed by atoms with Gasteiger partial charge < -0.3 is 10.1 Å². The number of carbonyl (C=O) groups is 1. The molecule has 0 bridgehead atoms. The fraction of sp³-hybridized carbons (Fsp3) is 0.409. The van der Waals surface area contributed by atoms with Gasteiger partial charge in [0.05, 0.1) is 19.1 Å². The fourth-order valence-electron chi connectivity index (χ4n) is 4.32. The van der Waals surface area contributed by atoms with E-state index in [2.05, 4.69) is 11.4 Å². The summed E-state index contributed by atoms with van der Waals surface area (Å²) in [4.78, 5) is 12.8. The normalized spacial score (nSPS) is 24.5. The van der Waals surface area contributed by atoms with Crippen LogP contribution < -0.4 is 5.32 Å². The number of hydrogen-bond donors (Lipinski definition) is 1. The van der Waals surface area contributed by atoms with Gasteiger partial charge in [0.1, 0.15) is 11.4 Å². The fourth-order valence-corrected chi connectivity index (χ4v) is 4.74. The Morgan fingerprint density at radius 3 is 2.83 bits per heavy atom. The van der Waals surface area contributed by atoms with Crippen molar-refractivity contribution in [3.05, 3.63) is 58.6 Å². The summed E-state index contributed by atoms with van der Waals surface area (Å²) >= 11 is 0. The molecule has 1 aromatic carbocycles. The monoisotopic (exact) mass is 433 g/mol. The predicted molar refractivity (Wildman–Crippen MR) is 111 cm³/mol. The topological polar surface area (TPSA) is 81.7 Å². The number of hydrogen-bond acceptors (Lipinski definition) is 5. The standard InChI is InChI=1S/C22H24FNO5S/c1-22(2)18-10-13(5-4-8-29-30(3,26)27)16(9-14(18)12-28-22)20-17-11-15(23)6-7-19(17)24-21(20)25/h6-7,10-13H,4-5,8-9H2,1-3H3,(H,24,25). The summed E-state index contributed by atoms with van der Waals surface area (Å²) in [5, 5.41) is 2.82. The lowest BCUT2D eigenvalue weighted by atomic mass is 9.74. The van der Waals surface area contributed by atoms with Crippen molar-refractivity contribution in [3.63, 3.8) is 0 Å². The van der Waals surface area contributed by atoms with Crippen molar-refractivity contribution in [2.75, 3.05) is 18.2 Å². The van der Waals surface area contributed by atoms with Crippen LogP contribution in [-0.2, 0) is 23.8 Å². The van der Waals surface area contributed by atoms with Gasteiger partial charge in [-0.1, -0.05) is 6.08 Å². The van der Waals surface area contributed by atoms with E-state index in [9.17, 15) is 17.6 Å². The van der Waals surface area contributed by atoms with E-state index < -0.39 is 21.5 Å². The number of nitrogens with one attached hydrogen (secondary N) is 1. The predicted octanol–water partition coefficient (Wildman–Crippen LogP) is 3.93. The van der Waals surface area contributed by atoms with Crippen LogP contribution in [0.15, 0.2) is 47.3 Å². The molecular formula is C22H24FNO5S. The Balaban J connectivity index is 1.73. The SMILES string of the molecule is CC1(C)OC=C2CC(=C3C(=O)Nc4ccc(F)cc43)C(CCCOS(C)(=O)=O)C=C21. The Bertz CT molecular complexity index is 1110. The Labute approximate surface area is 175 Å². The summed E-state index contributed by atoms with van der Waals surface area (Å²) in [6.45, 7) is 4.04. The molecule has 2 heterocycles. The van der Waals surface area contributed by atoms with Crippen molar-refractivity contribution < 1.29 is 26.5 Å². The molecule has 6 nitrogen and oxygen atoms in total. The van der Waals surface area contributed by atoms with E-state index in [1.165, 1.54) is 12.1 Å². The highest BCUT2D eigenvalue weighted by molar-refractivity contribution is 7.85. The molecule has 0 radical (unpaired) electrons. The number of fused-ring (bicyclic) bond motifs is 2. The van der Waals surface area contributed by atoms with Crippen molar-refractivity contribution in [3.8, 4) is 0 Å². The maximum atomic E-state index is 13.9. The third-order valence-corrected chi connectivity index (χ3v) is 6.29. The zero-order valence-corrected chi connectivity index (χ0v) is 17.9. The molecule has 8 heteroatoms. The number of allylic oxidation sites excluding steroid dienone is 2. The number of benzene rings is 1. The van der Waals surface area contributed by atoms with Gasteiger partial charge in [-0.3, -0.25) is 8.98 Å². The van der Waals surface area contributed by atoms with Crippen LogP contribution in [0.2, 0.25) is 0 Å². The van der Waals surface area contributed by atoms with Crippen LogP contribution in [0.5, 0.6) is 0 Å². The Kier molecular flexibility index (Phi) is 5.10. The highest BCUT2D eigenvalue weighted by Gasteiger charge is 2.39. The maximum absolute atomic E-state index is 13.9. The van der Waals surface area contributed by atoms with Gasteiger partial charge in [-0.2, -0.15) is 8.42 Å². The van der Waals surface area contributed by atoms with E-state index in [0.29, 0.717) is 36.1 Å². The number of ether oxygens (including phenoxy) is 1. The van der Waals surface area contributed by atoms with E-state index in [0.717, 1.165) is 23.0 Å². The third kappa shape index (κ3) is 3.94. The van der Waals surface area contributed by atoms with Gasteiger partial charge in [0.2, 0.25) is 0 Å². The Hall–Kier alpha value is -2.45. The van der Waals surface area contributed by atoms with Gasteiger partial charge in [0, 0.05) is 16.8 Å². The van der Waals surface area contributed by atoms with Crippen molar-refractivity contribution in [2.45, 2.75) is 38.7 Å². The first kappa shape index (κ1) is 20.8. The highest BCUT2D eigenvalue weighted by atomic mass is 32.2. The summed E-state index contributed by atoms with van der Waals surface area (Å²) in [5.74, 6) is -0.770. The Morgan fingerprint density at radius 1 is 1.33 bits per heavy atom. The zero-order chi connectivity index (χ0) is 21.7. The van der Waals surface area contributed by atoms with Gasteiger partial charge in [-0.05, 0) is 73.9 Å². The molecule has 0 fully saturated rings. The Morgan fingerprint density at radius 2 is 2.10 bits per heavy atom. The van der Waals surface area contributed by atoms with E-state index in [-0.39, 0.29) is 18.4 Å². The lowest BCUT2D eigenvalue weighted by Crippen LogP contribution is -2.25. The molecule has 1 unspecified atom stereocenters. The molecule has 1 aliphatic carbocycles. The lowest BCUT2D eigenvalue weighted by Gasteiger charge is -2.30. The molecule has 1 atom stereocenters. The van der Waals surface area contributed by atoms with Crippen LogP contribution in [0.4, 0.5) is 10.1 Å². The summed E-state index contributed by atoms with van der Waals surface area (Å²) in [6, 6.07) is 4.26. The minimum Gasteiger partial charge on any atom is -0.490 e. The van der Waals surface area contributed by atoms with Crippen LogP contribution >= 0.6 is 0 Å². The average Bonchev–Trinajstić information content (AvgIpc) is 3.12. The van der Waals surface area contributed by atoms with Crippen LogP contribution in [0.1, 0.15) is 38.7 Å². The van der Waals surface area contributed by atoms with Gasteiger partial charge in [-0.15, -0.1) is 0 Å².